The van der Waals surface area contributed by atoms with Crippen LogP contribution < -0.4 is 5.63 Å². The fourth-order valence-electron chi connectivity index (χ4n) is 0.374. The Kier molecular flexibility index (Phi) is 4.87. The molecule has 4 heteroatoms. The molecule has 10 heavy (non-hydrogen) atoms. The molecule has 0 aliphatic rings. The Bertz CT molecular complexity index is 230. The van der Waals surface area contributed by atoms with Gasteiger partial charge in [-0.15, -0.1) is 0 Å². The van der Waals surface area contributed by atoms with E-state index >= 15 is 0 Å². The summed E-state index contributed by atoms with van der Waals surface area (Å²) in [6.45, 7) is 0. The van der Waals surface area contributed by atoms with Gasteiger partial charge in [0.25, 0.3) is 0 Å². The van der Waals surface area contributed by atoms with Gasteiger partial charge in [0.15, 0.2) is 0 Å². The number of hydrogen-bond donors (Lipinski definition) is 1. The summed E-state index contributed by atoms with van der Waals surface area (Å²) in [6.07, 6.45) is 1.14. The molecule has 1 aromatic rings. The van der Waals surface area contributed by atoms with E-state index in [1.165, 1.54) is 6.07 Å². The van der Waals surface area contributed by atoms with Gasteiger partial charge in [0.05, 0.1) is 12.3 Å². The molecule has 1 N–H and O–H groups in total. The minimum absolute atomic E-state index is 0.0683. The van der Waals surface area contributed by atoms with Crippen LogP contribution in [0.4, 0.5) is 0 Å². The molecule has 0 saturated carbocycles. The van der Waals surface area contributed by atoms with E-state index in [0.717, 1.165) is 12.3 Å². The molecule has 0 aliphatic heterocycles. The summed E-state index contributed by atoms with van der Waals surface area (Å²) in [5, 5.41) is 8.55. The first-order valence-corrected chi connectivity index (χ1v) is 5.07. The summed E-state index contributed by atoms with van der Waals surface area (Å²) in [5.74, 6) is -0.0683. The summed E-state index contributed by atoms with van der Waals surface area (Å²) in [7, 11) is 0. The molecule has 1 aromatic heterocycles. The Morgan fingerprint density at radius 1 is 1.60 bits per heavy atom. The molecular weight excluding hydrogens is 190 g/mol. The van der Waals surface area contributed by atoms with Crippen molar-refractivity contribution in [2.24, 2.45) is 0 Å². The van der Waals surface area contributed by atoms with Crippen LogP contribution in [-0.2, 0) is 0 Å². The van der Waals surface area contributed by atoms with Gasteiger partial charge in [0, 0.05) is 6.07 Å². The Morgan fingerprint density at radius 3 is 2.50 bits per heavy atom. The molecule has 0 aromatic carbocycles. The zero-order valence-electron chi connectivity index (χ0n) is 5.57. The summed E-state index contributed by atoms with van der Waals surface area (Å²) in [5.41, 5.74) is 1.53. The fourth-order valence-corrected chi connectivity index (χ4v) is 0.374. The van der Waals surface area contributed by atoms with Crippen LogP contribution in [0.2, 0.25) is 5.48 Å². The van der Waals surface area contributed by atoms with Crippen molar-refractivity contribution in [3.63, 3.8) is 0 Å². The van der Waals surface area contributed by atoms with Crippen molar-refractivity contribution in [2.75, 3.05) is 0 Å². The van der Waals surface area contributed by atoms with E-state index in [9.17, 15) is 4.79 Å². The summed E-state index contributed by atoms with van der Waals surface area (Å²) in [4.78, 5) is 10.2. The van der Waals surface area contributed by atoms with Gasteiger partial charge >= 0.3 is 29.7 Å². The molecule has 2 radical (unpaired) electrons. The van der Waals surface area contributed by atoms with E-state index in [1.54, 1.807) is 18.6 Å². The van der Waals surface area contributed by atoms with Crippen LogP contribution in [0.3, 0.4) is 0 Å². The third-order valence-corrected chi connectivity index (χ3v) is 0.689. The third-order valence-electron chi connectivity index (χ3n) is 0.689. The molecule has 0 spiro atoms. The van der Waals surface area contributed by atoms with Crippen LogP contribution >= 0.6 is 0 Å². The Balaban J connectivity index is 0.000000371. The average Bonchev–Trinajstić information content (AvgIpc) is 1.91. The van der Waals surface area contributed by atoms with Crippen LogP contribution in [0.5, 0.6) is 5.75 Å². The topological polar surface area (TPSA) is 50.4 Å². The second kappa shape index (κ2) is 5.19. The van der Waals surface area contributed by atoms with Crippen molar-refractivity contribution in [1.82, 2.24) is 0 Å². The van der Waals surface area contributed by atoms with E-state index < -0.39 is 5.63 Å². The monoisotopic (exact) mass is 196 g/mol. The molecule has 52 valence electrons. The van der Waals surface area contributed by atoms with Crippen molar-refractivity contribution in [3.05, 3.63) is 28.8 Å². The SMILES string of the molecule is O=c1cc(O)cco1.[CH3][Ga]. The van der Waals surface area contributed by atoms with Crippen LogP contribution in [0.25, 0.3) is 0 Å². The molecule has 0 fully saturated rings. The zero-order chi connectivity index (χ0) is 7.98. The van der Waals surface area contributed by atoms with Gasteiger partial charge in [-0.2, -0.15) is 0 Å². The predicted octanol–water partition coefficient (Wildman–Crippen LogP) is 0.548. The van der Waals surface area contributed by atoms with Crippen molar-refractivity contribution in [1.29, 1.82) is 0 Å². The van der Waals surface area contributed by atoms with E-state index in [0.29, 0.717) is 0 Å². The molecule has 0 saturated heterocycles. The van der Waals surface area contributed by atoms with Gasteiger partial charge in [0.1, 0.15) is 5.75 Å². The molecule has 0 bridgehead atoms. The third kappa shape index (κ3) is 3.42. The molecular formula is C6H7GaO3. The molecule has 1 heterocycles. The summed E-state index contributed by atoms with van der Waals surface area (Å²) < 4.78 is 4.29. The Labute approximate surface area is 68.6 Å². The van der Waals surface area contributed by atoms with Gasteiger partial charge in [-0.05, 0) is 0 Å². The van der Waals surface area contributed by atoms with Crippen LogP contribution in [0.15, 0.2) is 27.6 Å². The van der Waals surface area contributed by atoms with Crippen LogP contribution in [0, 0.1) is 0 Å². The molecule has 0 atom stereocenters. The van der Waals surface area contributed by atoms with Crippen molar-refractivity contribution >= 4 is 18.6 Å². The first-order valence-electron chi connectivity index (χ1n) is 2.64. The number of hydrogen-bond acceptors (Lipinski definition) is 3. The molecule has 0 amide bonds. The maximum absolute atomic E-state index is 10.2. The first-order chi connectivity index (χ1) is 4.79. The molecule has 3 nitrogen and oxygen atoms in total. The van der Waals surface area contributed by atoms with Gasteiger partial charge < -0.3 is 9.52 Å². The van der Waals surface area contributed by atoms with Gasteiger partial charge in [-0.25, -0.2) is 4.79 Å². The van der Waals surface area contributed by atoms with Gasteiger partial charge in [-0.1, -0.05) is 0 Å². The second-order valence-corrected chi connectivity index (χ2v) is 1.31. The average molecular weight is 197 g/mol. The van der Waals surface area contributed by atoms with Gasteiger partial charge in [0.2, 0.25) is 0 Å². The zero-order valence-corrected chi connectivity index (χ0v) is 8.00. The van der Waals surface area contributed by atoms with Gasteiger partial charge in [-0.3, -0.25) is 0 Å². The minimum atomic E-state index is -0.537. The molecule has 0 unspecified atom stereocenters. The standard InChI is InChI=1S/C5H4O3.CH3.Ga/c6-4-1-2-8-5(7)3-4;;/h1-3,6H;1H3;. The van der Waals surface area contributed by atoms with Crippen molar-refractivity contribution in [2.45, 2.75) is 5.48 Å². The van der Waals surface area contributed by atoms with Crippen molar-refractivity contribution < 1.29 is 9.52 Å². The summed E-state index contributed by atoms with van der Waals surface area (Å²) >= 11 is 1.69. The Morgan fingerprint density at radius 2 is 2.20 bits per heavy atom. The van der Waals surface area contributed by atoms with Crippen LogP contribution in [0.1, 0.15) is 0 Å². The number of rotatable bonds is 0. The van der Waals surface area contributed by atoms with E-state index in [2.05, 4.69) is 9.90 Å². The van der Waals surface area contributed by atoms with Crippen molar-refractivity contribution in [3.8, 4) is 5.75 Å². The maximum atomic E-state index is 10.2. The summed E-state index contributed by atoms with van der Waals surface area (Å²) in [6, 6.07) is 2.29. The normalized spacial score (nSPS) is 7.70. The van der Waals surface area contributed by atoms with E-state index in [-0.39, 0.29) is 5.75 Å². The van der Waals surface area contributed by atoms with E-state index in [1.807, 2.05) is 0 Å². The predicted molar refractivity (Wildman–Crippen MR) is 38.3 cm³/mol. The first kappa shape index (κ1) is 9.39. The Hall–Kier alpha value is -0.614. The molecule has 0 aliphatic carbocycles. The van der Waals surface area contributed by atoms with E-state index in [4.69, 9.17) is 5.11 Å². The quantitative estimate of drug-likeness (QED) is 0.617. The number of aromatic hydroxyl groups is 1. The second-order valence-electron chi connectivity index (χ2n) is 1.31. The van der Waals surface area contributed by atoms with Crippen LogP contribution in [-0.4, -0.2) is 23.7 Å². The molecule has 1 rings (SSSR count). The fraction of sp³-hybridized carbons (Fsp3) is 0.167.